The van der Waals surface area contributed by atoms with Crippen LogP contribution in [0.5, 0.6) is 0 Å². The largest absolute Gasteiger partial charge is 0.454 e. The fourth-order valence-corrected chi connectivity index (χ4v) is 0.644. The second-order valence-corrected chi connectivity index (χ2v) is 2.61. The number of rotatable bonds is 5. The molecule has 0 fully saturated rings. The van der Waals surface area contributed by atoms with E-state index in [9.17, 15) is 14.4 Å². The highest BCUT2D eigenvalue weighted by Gasteiger charge is 2.10. The zero-order valence-corrected chi connectivity index (χ0v) is 8.37. The van der Waals surface area contributed by atoms with Gasteiger partial charge in [0.05, 0.1) is 0 Å². The summed E-state index contributed by atoms with van der Waals surface area (Å²) in [5.74, 6) is -1.92. The van der Waals surface area contributed by atoms with Gasteiger partial charge in [0.15, 0.2) is 6.61 Å². The summed E-state index contributed by atoms with van der Waals surface area (Å²) in [6.45, 7) is 2.89. The maximum absolute atomic E-state index is 10.8. The van der Waals surface area contributed by atoms with Gasteiger partial charge in [-0.1, -0.05) is 13.8 Å². The standard InChI is InChI=1S/C9H14O5/c1-3-5-8(11)13-6-9(12)14-7(10)4-2/h3-6H2,1-2H3. The summed E-state index contributed by atoms with van der Waals surface area (Å²) in [7, 11) is 0. The van der Waals surface area contributed by atoms with Crippen molar-refractivity contribution in [3.8, 4) is 0 Å². The van der Waals surface area contributed by atoms with Crippen LogP contribution in [0.25, 0.3) is 0 Å². The molecule has 0 atom stereocenters. The molecule has 0 rings (SSSR count). The number of hydrogen-bond donors (Lipinski definition) is 0. The second kappa shape index (κ2) is 7.06. The van der Waals surface area contributed by atoms with Gasteiger partial charge in [-0.15, -0.1) is 0 Å². The van der Waals surface area contributed by atoms with E-state index in [4.69, 9.17) is 0 Å². The molecule has 0 aliphatic rings. The second-order valence-electron chi connectivity index (χ2n) is 2.61. The highest BCUT2D eigenvalue weighted by molar-refractivity contribution is 5.86. The summed E-state index contributed by atoms with van der Waals surface area (Å²) in [6, 6.07) is 0. The minimum atomic E-state index is -0.832. The lowest BCUT2D eigenvalue weighted by Crippen LogP contribution is -2.19. The summed E-state index contributed by atoms with van der Waals surface area (Å²) >= 11 is 0. The number of carbonyl (C=O) groups excluding carboxylic acids is 3. The molecule has 0 spiro atoms. The zero-order chi connectivity index (χ0) is 11.0. The quantitative estimate of drug-likeness (QED) is 0.487. The van der Waals surface area contributed by atoms with Gasteiger partial charge < -0.3 is 9.47 Å². The van der Waals surface area contributed by atoms with E-state index in [1.807, 2.05) is 6.92 Å². The van der Waals surface area contributed by atoms with E-state index in [0.717, 1.165) is 0 Å². The molecular formula is C9H14O5. The first-order valence-electron chi connectivity index (χ1n) is 4.49. The fourth-order valence-electron chi connectivity index (χ4n) is 0.644. The smallest absolute Gasteiger partial charge is 0.351 e. The molecule has 0 amide bonds. The summed E-state index contributed by atoms with van der Waals surface area (Å²) in [4.78, 5) is 32.2. The predicted molar refractivity (Wildman–Crippen MR) is 47.3 cm³/mol. The van der Waals surface area contributed by atoms with Crippen LogP contribution in [0, 0.1) is 0 Å². The number of esters is 3. The predicted octanol–water partition coefficient (Wildman–Crippen LogP) is 0.809. The first-order chi connectivity index (χ1) is 6.60. The average Bonchev–Trinajstić information content (AvgIpc) is 2.15. The van der Waals surface area contributed by atoms with Crippen molar-refractivity contribution in [1.82, 2.24) is 0 Å². The summed E-state index contributed by atoms with van der Waals surface area (Å²) in [5.41, 5.74) is 0. The van der Waals surface area contributed by atoms with E-state index in [1.54, 1.807) is 6.92 Å². The summed E-state index contributed by atoms with van der Waals surface area (Å²) in [6.07, 6.45) is 1.03. The Bertz CT molecular complexity index is 221. The Kier molecular flexibility index (Phi) is 6.36. The van der Waals surface area contributed by atoms with Crippen LogP contribution >= 0.6 is 0 Å². The van der Waals surface area contributed by atoms with Crippen molar-refractivity contribution in [2.75, 3.05) is 6.61 Å². The summed E-state index contributed by atoms with van der Waals surface area (Å²) in [5, 5.41) is 0. The topological polar surface area (TPSA) is 69.7 Å². The highest BCUT2D eigenvalue weighted by atomic mass is 16.6. The van der Waals surface area contributed by atoms with Gasteiger partial charge in [-0.3, -0.25) is 9.59 Å². The van der Waals surface area contributed by atoms with Crippen molar-refractivity contribution >= 4 is 17.9 Å². The lowest BCUT2D eigenvalue weighted by atomic mass is 10.3. The zero-order valence-electron chi connectivity index (χ0n) is 8.37. The lowest BCUT2D eigenvalue weighted by Gasteiger charge is -2.02. The van der Waals surface area contributed by atoms with Gasteiger partial charge in [0.1, 0.15) is 0 Å². The molecule has 0 heterocycles. The van der Waals surface area contributed by atoms with Gasteiger partial charge in [0.25, 0.3) is 0 Å². The van der Waals surface area contributed by atoms with Crippen LogP contribution in [-0.2, 0) is 23.9 Å². The Balaban J connectivity index is 3.63. The molecule has 0 aromatic heterocycles. The molecule has 0 bridgehead atoms. The molecule has 0 unspecified atom stereocenters. The van der Waals surface area contributed by atoms with Gasteiger partial charge in [-0.25, -0.2) is 4.79 Å². The van der Waals surface area contributed by atoms with Crippen LogP contribution in [0.3, 0.4) is 0 Å². The normalized spacial score (nSPS) is 9.29. The number of carbonyl (C=O) groups is 3. The van der Waals surface area contributed by atoms with Crippen LogP contribution in [0.2, 0.25) is 0 Å². The maximum Gasteiger partial charge on any atom is 0.351 e. The summed E-state index contributed by atoms with van der Waals surface area (Å²) < 4.78 is 8.80. The molecule has 80 valence electrons. The van der Waals surface area contributed by atoms with Crippen molar-refractivity contribution in [2.45, 2.75) is 33.1 Å². The minimum Gasteiger partial charge on any atom is -0.454 e. The maximum atomic E-state index is 10.8. The van der Waals surface area contributed by atoms with Crippen LogP contribution < -0.4 is 0 Å². The molecular weight excluding hydrogens is 188 g/mol. The molecule has 14 heavy (non-hydrogen) atoms. The van der Waals surface area contributed by atoms with E-state index in [-0.39, 0.29) is 12.8 Å². The third-order valence-corrected chi connectivity index (χ3v) is 1.32. The molecule has 0 radical (unpaired) electrons. The molecule has 0 saturated heterocycles. The molecule has 0 aliphatic carbocycles. The lowest BCUT2D eigenvalue weighted by molar-refractivity contribution is -0.167. The number of hydrogen-bond acceptors (Lipinski definition) is 5. The van der Waals surface area contributed by atoms with Crippen LogP contribution in [-0.4, -0.2) is 24.5 Å². The Morgan fingerprint density at radius 2 is 1.64 bits per heavy atom. The van der Waals surface area contributed by atoms with E-state index in [2.05, 4.69) is 9.47 Å². The Hall–Kier alpha value is -1.39. The third kappa shape index (κ3) is 6.16. The van der Waals surface area contributed by atoms with Crippen molar-refractivity contribution in [3.05, 3.63) is 0 Å². The SMILES string of the molecule is CCCC(=O)OCC(=O)OC(=O)CC. The molecule has 0 aliphatic heterocycles. The first-order valence-corrected chi connectivity index (χ1v) is 4.49. The van der Waals surface area contributed by atoms with Crippen LogP contribution in [0.15, 0.2) is 0 Å². The Labute approximate surface area is 82.4 Å². The van der Waals surface area contributed by atoms with E-state index in [0.29, 0.717) is 6.42 Å². The number of ether oxygens (including phenoxy) is 2. The van der Waals surface area contributed by atoms with E-state index in [1.165, 1.54) is 0 Å². The van der Waals surface area contributed by atoms with Gasteiger partial charge in [-0.2, -0.15) is 0 Å². The molecule has 0 N–H and O–H groups in total. The third-order valence-electron chi connectivity index (χ3n) is 1.32. The van der Waals surface area contributed by atoms with Crippen LogP contribution in [0.4, 0.5) is 0 Å². The first kappa shape index (κ1) is 12.6. The highest BCUT2D eigenvalue weighted by Crippen LogP contribution is 1.92. The van der Waals surface area contributed by atoms with Crippen LogP contribution in [0.1, 0.15) is 33.1 Å². The molecule has 0 saturated carbocycles. The van der Waals surface area contributed by atoms with Gasteiger partial charge in [0, 0.05) is 12.8 Å². The molecule has 5 nitrogen and oxygen atoms in total. The molecule has 0 aromatic rings. The van der Waals surface area contributed by atoms with Gasteiger partial charge >= 0.3 is 17.9 Å². The van der Waals surface area contributed by atoms with E-state index >= 15 is 0 Å². The van der Waals surface area contributed by atoms with Crippen molar-refractivity contribution in [2.24, 2.45) is 0 Å². The average molecular weight is 202 g/mol. The van der Waals surface area contributed by atoms with E-state index < -0.39 is 24.5 Å². The van der Waals surface area contributed by atoms with Crippen molar-refractivity contribution in [1.29, 1.82) is 0 Å². The monoisotopic (exact) mass is 202 g/mol. The van der Waals surface area contributed by atoms with Crippen molar-refractivity contribution < 1.29 is 23.9 Å². The van der Waals surface area contributed by atoms with Crippen molar-refractivity contribution in [3.63, 3.8) is 0 Å². The molecule has 5 heteroatoms. The fraction of sp³-hybridized carbons (Fsp3) is 0.667. The van der Waals surface area contributed by atoms with Gasteiger partial charge in [-0.05, 0) is 6.42 Å². The Morgan fingerprint density at radius 3 is 2.14 bits per heavy atom. The Morgan fingerprint density at radius 1 is 1.00 bits per heavy atom. The molecule has 0 aromatic carbocycles. The van der Waals surface area contributed by atoms with Gasteiger partial charge in [0.2, 0.25) is 0 Å². The minimum absolute atomic E-state index is 0.120.